The summed E-state index contributed by atoms with van der Waals surface area (Å²) in [5.74, 6) is 0.301. The second kappa shape index (κ2) is 7.44. The Balaban J connectivity index is 1.57. The molecule has 1 saturated heterocycles. The van der Waals surface area contributed by atoms with Gasteiger partial charge in [0.1, 0.15) is 5.69 Å². The summed E-state index contributed by atoms with van der Waals surface area (Å²) in [5.41, 5.74) is 8.30. The molecule has 1 fully saturated rings. The topological polar surface area (TPSA) is 61.9 Å². The van der Waals surface area contributed by atoms with Gasteiger partial charge in [-0.15, -0.1) is 11.3 Å². The molecule has 0 saturated carbocycles. The van der Waals surface area contributed by atoms with Gasteiger partial charge in [-0.1, -0.05) is 18.2 Å². The Labute approximate surface area is 173 Å². The van der Waals surface area contributed by atoms with Crippen LogP contribution < -0.4 is 0 Å². The zero-order valence-corrected chi connectivity index (χ0v) is 17.1. The van der Waals surface area contributed by atoms with Gasteiger partial charge in [-0.3, -0.25) is 9.78 Å². The molecular weight excluding hydrogens is 380 g/mol. The number of para-hydroxylation sites is 1. The van der Waals surface area contributed by atoms with Crippen molar-refractivity contribution < 1.29 is 4.79 Å². The number of thiazole rings is 1. The van der Waals surface area contributed by atoms with Crippen molar-refractivity contribution in [3.05, 3.63) is 70.6 Å². The number of pyridine rings is 1. The summed E-state index contributed by atoms with van der Waals surface area (Å²) in [6.07, 6.45) is 5.73. The van der Waals surface area contributed by atoms with Gasteiger partial charge in [-0.2, -0.15) is 0 Å². The van der Waals surface area contributed by atoms with Gasteiger partial charge >= 0.3 is 0 Å². The SMILES string of the molecule is Cc1cccc2c(-c3ccncc3)c([C@@H]3CCCN(C(=O)c4cscn4)C3)[nH]c12. The summed E-state index contributed by atoms with van der Waals surface area (Å²) < 4.78 is 0. The van der Waals surface area contributed by atoms with Gasteiger partial charge in [-0.25, -0.2) is 4.98 Å². The van der Waals surface area contributed by atoms with Crippen molar-refractivity contribution in [2.45, 2.75) is 25.7 Å². The molecule has 1 amide bonds. The first kappa shape index (κ1) is 18.1. The van der Waals surface area contributed by atoms with E-state index in [9.17, 15) is 4.79 Å². The van der Waals surface area contributed by atoms with Gasteiger partial charge in [0, 0.05) is 58.9 Å². The van der Waals surface area contributed by atoms with Crippen LogP contribution in [0.3, 0.4) is 0 Å². The van der Waals surface area contributed by atoms with Crippen LogP contribution in [-0.2, 0) is 0 Å². The number of piperidine rings is 1. The van der Waals surface area contributed by atoms with Crippen LogP contribution in [0.25, 0.3) is 22.0 Å². The summed E-state index contributed by atoms with van der Waals surface area (Å²) in [6.45, 7) is 3.63. The van der Waals surface area contributed by atoms with Crippen molar-refractivity contribution in [1.82, 2.24) is 19.9 Å². The first-order chi connectivity index (χ1) is 14.2. The number of hydrogen-bond acceptors (Lipinski definition) is 4. The fourth-order valence-electron chi connectivity index (χ4n) is 4.40. The van der Waals surface area contributed by atoms with Crippen molar-refractivity contribution in [3.63, 3.8) is 0 Å². The second-order valence-electron chi connectivity index (χ2n) is 7.61. The molecule has 0 radical (unpaired) electrons. The maximum absolute atomic E-state index is 12.9. The van der Waals surface area contributed by atoms with Gasteiger partial charge in [0.25, 0.3) is 5.91 Å². The number of hydrogen-bond donors (Lipinski definition) is 1. The van der Waals surface area contributed by atoms with E-state index in [2.05, 4.69) is 52.2 Å². The monoisotopic (exact) mass is 402 g/mol. The highest BCUT2D eigenvalue weighted by Crippen LogP contribution is 2.40. The first-order valence-corrected chi connectivity index (χ1v) is 10.9. The zero-order valence-electron chi connectivity index (χ0n) is 16.3. The zero-order chi connectivity index (χ0) is 19.8. The third-order valence-corrected chi connectivity index (χ3v) is 6.39. The Morgan fingerprint density at radius 2 is 2.10 bits per heavy atom. The molecule has 1 aliphatic rings. The smallest absolute Gasteiger partial charge is 0.273 e. The van der Waals surface area contributed by atoms with E-state index in [1.807, 2.05) is 22.7 Å². The lowest BCUT2D eigenvalue weighted by Gasteiger charge is -2.32. The number of H-pyrrole nitrogens is 1. The highest BCUT2D eigenvalue weighted by molar-refractivity contribution is 7.07. The minimum Gasteiger partial charge on any atom is -0.357 e. The molecule has 5 rings (SSSR count). The number of likely N-dealkylation sites (tertiary alicyclic amines) is 1. The molecule has 6 heteroatoms. The molecule has 1 atom stereocenters. The number of benzene rings is 1. The average Bonchev–Trinajstić information content (AvgIpc) is 3.43. The highest BCUT2D eigenvalue weighted by atomic mass is 32.1. The number of carbonyl (C=O) groups excluding carboxylic acids is 1. The van der Waals surface area contributed by atoms with E-state index in [1.54, 1.807) is 5.51 Å². The minimum atomic E-state index is 0.0358. The van der Waals surface area contributed by atoms with Crippen LogP contribution in [0.4, 0.5) is 0 Å². The predicted molar refractivity (Wildman–Crippen MR) is 116 cm³/mol. The number of nitrogens with zero attached hydrogens (tertiary/aromatic N) is 3. The Kier molecular flexibility index (Phi) is 4.64. The molecule has 0 unspecified atom stereocenters. The van der Waals surface area contributed by atoms with E-state index in [0.29, 0.717) is 12.2 Å². The van der Waals surface area contributed by atoms with Crippen LogP contribution >= 0.6 is 11.3 Å². The fraction of sp³-hybridized carbons (Fsp3) is 0.261. The second-order valence-corrected chi connectivity index (χ2v) is 8.33. The van der Waals surface area contributed by atoms with Gasteiger partial charge < -0.3 is 9.88 Å². The van der Waals surface area contributed by atoms with Gasteiger partial charge in [0.05, 0.1) is 5.51 Å². The standard InChI is InChI=1S/C23H22N4OS/c1-15-4-2-6-18-20(16-7-9-24-10-8-16)22(26-21(15)18)17-5-3-11-27(12-17)23(28)19-13-29-14-25-19/h2,4,6-10,13-14,17,26H,3,5,11-12H2,1H3/t17-/m1/s1. The number of rotatable bonds is 3. The number of aromatic nitrogens is 3. The first-order valence-electron chi connectivity index (χ1n) is 9.91. The maximum atomic E-state index is 12.9. The molecular formula is C23H22N4OS. The normalized spacial score (nSPS) is 17.0. The molecule has 0 bridgehead atoms. The summed E-state index contributed by atoms with van der Waals surface area (Å²) in [6, 6.07) is 10.6. The number of amides is 1. The number of nitrogens with one attached hydrogen (secondary N) is 1. The third-order valence-electron chi connectivity index (χ3n) is 5.81. The largest absolute Gasteiger partial charge is 0.357 e. The lowest BCUT2D eigenvalue weighted by Crippen LogP contribution is -2.39. The molecule has 146 valence electrons. The third kappa shape index (κ3) is 3.23. The summed E-state index contributed by atoms with van der Waals surface area (Å²) in [5, 5.41) is 3.06. The van der Waals surface area contributed by atoms with E-state index in [1.165, 1.54) is 39.1 Å². The molecule has 0 aliphatic carbocycles. The van der Waals surface area contributed by atoms with E-state index in [0.717, 1.165) is 24.9 Å². The number of fused-ring (bicyclic) bond motifs is 1. The van der Waals surface area contributed by atoms with Crippen molar-refractivity contribution in [2.24, 2.45) is 0 Å². The Morgan fingerprint density at radius 3 is 2.90 bits per heavy atom. The van der Waals surface area contributed by atoms with Gasteiger partial charge in [0.2, 0.25) is 0 Å². The molecule has 4 aromatic rings. The lowest BCUT2D eigenvalue weighted by molar-refractivity contribution is 0.0701. The minimum absolute atomic E-state index is 0.0358. The Bertz CT molecular complexity index is 1150. The van der Waals surface area contributed by atoms with Crippen LogP contribution in [0, 0.1) is 6.92 Å². The molecule has 29 heavy (non-hydrogen) atoms. The summed E-state index contributed by atoms with van der Waals surface area (Å²) in [7, 11) is 0. The van der Waals surface area contributed by atoms with Crippen molar-refractivity contribution >= 4 is 28.1 Å². The molecule has 1 N–H and O–H groups in total. The molecule has 5 nitrogen and oxygen atoms in total. The van der Waals surface area contributed by atoms with Gasteiger partial charge in [-0.05, 0) is 43.0 Å². The quantitative estimate of drug-likeness (QED) is 0.524. The summed E-state index contributed by atoms with van der Waals surface area (Å²) in [4.78, 5) is 27.0. The molecule has 1 aliphatic heterocycles. The Hall–Kier alpha value is -2.99. The van der Waals surface area contributed by atoms with E-state index in [-0.39, 0.29) is 11.8 Å². The van der Waals surface area contributed by atoms with E-state index >= 15 is 0 Å². The van der Waals surface area contributed by atoms with Crippen molar-refractivity contribution in [1.29, 1.82) is 0 Å². The van der Waals surface area contributed by atoms with Gasteiger partial charge in [0.15, 0.2) is 0 Å². The van der Waals surface area contributed by atoms with Crippen LogP contribution in [0.5, 0.6) is 0 Å². The highest BCUT2D eigenvalue weighted by Gasteiger charge is 2.29. The average molecular weight is 403 g/mol. The fourth-order valence-corrected chi connectivity index (χ4v) is 4.92. The molecule has 0 spiro atoms. The van der Waals surface area contributed by atoms with Crippen molar-refractivity contribution in [3.8, 4) is 11.1 Å². The molecule has 4 heterocycles. The number of aromatic amines is 1. The summed E-state index contributed by atoms with van der Waals surface area (Å²) >= 11 is 1.46. The molecule has 1 aromatic carbocycles. The lowest BCUT2D eigenvalue weighted by atomic mass is 9.89. The number of carbonyl (C=O) groups is 1. The predicted octanol–water partition coefficient (Wildman–Crippen LogP) is 5.01. The van der Waals surface area contributed by atoms with Crippen LogP contribution in [0.15, 0.2) is 53.6 Å². The van der Waals surface area contributed by atoms with Crippen LogP contribution in [-0.4, -0.2) is 38.8 Å². The Morgan fingerprint density at radius 1 is 1.24 bits per heavy atom. The van der Waals surface area contributed by atoms with E-state index in [4.69, 9.17) is 0 Å². The van der Waals surface area contributed by atoms with Crippen LogP contribution in [0.2, 0.25) is 0 Å². The van der Waals surface area contributed by atoms with Crippen molar-refractivity contribution in [2.75, 3.05) is 13.1 Å². The van der Waals surface area contributed by atoms with E-state index < -0.39 is 0 Å². The molecule has 3 aromatic heterocycles. The maximum Gasteiger partial charge on any atom is 0.273 e. The van der Waals surface area contributed by atoms with Crippen LogP contribution in [0.1, 0.15) is 40.5 Å². The number of aryl methyl sites for hydroxylation is 1.